The Balaban J connectivity index is 1.13. The summed E-state index contributed by atoms with van der Waals surface area (Å²) in [6, 6.07) is 10.4. The number of aromatic nitrogens is 2. The molecule has 0 radical (unpaired) electrons. The zero-order chi connectivity index (χ0) is 32.3. The van der Waals surface area contributed by atoms with Crippen molar-refractivity contribution in [3.05, 3.63) is 75.5 Å². The highest BCUT2D eigenvalue weighted by Crippen LogP contribution is 2.65. The van der Waals surface area contributed by atoms with Crippen LogP contribution in [0.25, 0.3) is 10.8 Å². The van der Waals surface area contributed by atoms with Gasteiger partial charge in [0.1, 0.15) is 11.9 Å². The quantitative estimate of drug-likeness (QED) is 0.303. The summed E-state index contributed by atoms with van der Waals surface area (Å²) in [4.78, 5) is 38.8. The molecule has 0 unspecified atom stereocenters. The Morgan fingerprint density at radius 3 is 2.53 bits per heavy atom. The summed E-state index contributed by atoms with van der Waals surface area (Å²) in [6.07, 6.45) is 2.98. The van der Waals surface area contributed by atoms with Gasteiger partial charge >= 0.3 is 7.12 Å². The molecule has 2 heterocycles. The molecule has 3 aliphatic carbocycles. The fourth-order valence-electron chi connectivity index (χ4n) is 7.82. The van der Waals surface area contributed by atoms with Crippen molar-refractivity contribution in [1.29, 1.82) is 0 Å². The molecule has 9 nitrogen and oxygen atoms in total. The highest BCUT2D eigenvalue weighted by Gasteiger charge is 2.68. The number of nitrogens with one attached hydrogen (secondary N) is 3. The van der Waals surface area contributed by atoms with E-state index in [1.807, 2.05) is 6.07 Å². The Morgan fingerprint density at radius 1 is 1.09 bits per heavy atom. The Labute approximate surface area is 263 Å². The Morgan fingerprint density at radius 2 is 1.82 bits per heavy atom. The van der Waals surface area contributed by atoms with E-state index in [-0.39, 0.29) is 35.0 Å². The smallest absolute Gasteiger partial charge is 0.404 e. The molecule has 11 heteroatoms. The summed E-state index contributed by atoms with van der Waals surface area (Å²) in [5, 5.41) is 13.6. The van der Waals surface area contributed by atoms with Crippen LogP contribution in [0, 0.1) is 29.0 Å². The highest BCUT2D eigenvalue weighted by atomic mass is 19.1. The molecule has 6 atom stereocenters. The molecule has 1 aliphatic heterocycles. The third-order valence-corrected chi connectivity index (χ3v) is 10.5. The van der Waals surface area contributed by atoms with E-state index in [4.69, 9.17) is 9.31 Å². The maximum absolute atomic E-state index is 14.9. The molecule has 3 aromatic rings. The molecule has 3 N–H and O–H groups in total. The van der Waals surface area contributed by atoms with Gasteiger partial charge in [0.2, 0.25) is 5.91 Å². The lowest BCUT2D eigenvalue weighted by Crippen LogP contribution is -2.65. The highest BCUT2D eigenvalue weighted by molar-refractivity contribution is 6.48. The van der Waals surface area contributed by atoms with Crippen molar-refractivity contribution in [2.45, 2.75) is 90.9 Å². The number of hydrogen-bond acceptors (Lipinski definition) is 6. The van der Waals surface area contributed by atoms with E-state index in [1.54, 1.807) is 31.2 Å². The van der Waals surface area contributed by atoms with E-state index in [1.165, 1.54) is 12.1 Å². The number of halogens is 1. The molecule has 3 saturated carbocycles. The summed E-state index contributed by atoms with van der Waals surface area (Å²) in [6.45, 7) is 12.5. The van der Waals surface area contributed by atoms with Gasteiger partial charge in [0.05, 0.1) is 34.3 Å². The summed E-state index contributed by atoms with van der Waals surface area (Å²) in [5.41, 5.74) is 0.555. The molecular formula is C34H42BFN4O5. The van der Waals surface area contributed by atoms with Gasteiger partial charge in [-0.15, -0.1) is 0 Å². The van der Waals surface area contributed by atoms with E-state index < -0.39 is 42.3 Å². The molecule has 2 amide bonds. The average molecular weight is 617 g/mol. The number of carbonyl (C=O) groups excluding carboxylic acids is 2. The van der Waals surface area contributed by atoms with Gasteiger partial charge in [-0.05, 0) is 80.0 Å². The van der Waals surface area contributed by atoms with Crippen LogP contribution in [0.3, 0.4) is 0 Å². The molecule has 45 heavy (non-hydrogen) atoms. The maximum Gasteiger partial charge on any atom is 0.481 e. The molecule has 2 aromatic carbocycles. The first-order chi connectivity index (χ1) is 21.3. The molecule has 2 bridgehead atoms. The van der Waals surface area contributed by atoms with E-state index in [9.17, 15) is 18.8 Å². The van der Waals surface area contributed by atoms with E-state index in [0.717, 1.165) is 12.8 Å². The van der Waals surface area contributed by atoms with Crippen LogP contribution in [0.15, 0.2) is 47.3 Å². The Bertz CT molecular complexity index is 1690. The standard InChI is InChI=1S/C34H42BFN4O5/c1-18(2)13-29(35-44-28-17-21-16-27(33(21,4)5)34(28,6)45-35)38-30(41)19(3)37-31(42)24-14-20(11-12-25(24)36)15-26-22-9-7-8-10-23(22)32(43)40-39-26/h7-12,14,18-19,21,27-29H,13,15-17H2,1-6H3,(H,37,42)(H,38,41)(H,40,43)/t19-,21-,27-,28+,29-,34-/m0/s1. The second kappa shape index (κ2) is 11.7. The Kier molecular flexibility index (Phi) is 8.14. The number of aromatic amines is 1. The summed E-state index contributed by atoms with van der Waals surface area (Å²) >= 11 is 0. The monoisotopic (exact) mass is 616 g/mol. The first-order valence-electron chi connectivity index (χ1n) is 16.0. The van der Waals surface area contributed by atoms with Gasteiger partial charge in [-0.1, -0.05) is 52.0 Å². The lowest BCUT2D eigenvalue weighted by molar-refractivity contribution is -0.199. The number of hydrogen-bond donors (Lipinski definition) is 3. The molecule has 4 fully saturated rings. The number of nitrogens with zero attached hydrogens (tertiary/aromatic N) is 1. The van der Waals surface area contributed by atoms with Gasteiger partial charge in [-0.3, -0.25) is 14.4 Å². The van der Waals surface area contributed by atoms with Crippen LogP contribution in [0.1, 0.15) is 82.4 Å². The number of benzene rings is 2. The third-order valence-electron chi connectivity index (χ3n) is 10.5. The van der Waals surface area contributed by atoms with Gasteiger partial charge in [-0.25, -0.2) is 9.49 Å². The van der Waals surface area contributed by atoms with Crippen molar-refractivity contribution in [3.63, 3.8) is 0 Å². The number of carbonyl (C=O) groups is 2. The molecule has 1 aromatic heterocycles. The maximum atomic E-state index is 14.9. The number of H-pyrrole nitrogens is 1. The molecule has 7 rings (SSSR count). The van der Waals surface area contributed by atoms with Crippen molar-refractivity contribution in [3.8, 4) is 0 Å². The van der Waals surface area contributed by atoms with E-state index in [2.05, 4.69) is 55.4 Å². The summed E-state index contributed by atoms with van der Waals surface area (Å²) in [7, 11) is -0.587. The topological polar surface area (TPSA) is 122 Å². The van der Waals surface area contributed by atoms with Crippen LogP contribution in [-0.2, 0) is 20.5 Å². The number of fused-ring (bicyclic) bond motifs is 1. The molecular weight excluding hydrogens is 574 g/mol. The lowest BCUT2D eigenvalue weighted by atomic mass is 9.43. The van der Waals surface area contributed by atoms with Crippen molar-refractivity contribution >= 4 is 29.7 Å². The average Bonchev–Trinajstić information content (AvgIpc) is 3.36. The van der Waals surface area contributed by atoms with Crippen molar-refractivity contribution in [2.75, 3.05) is 0 Å². The second-order valence-corrected chi connectivity index (χ2v) is 14.3. The summed E-state index contributed by atoms with van der Waals surface area (Å²) in [5.74, 6) is -0.931. The Hall–Kier alpha value is -3.57. The SMILES string of the molecule is CC(C)C[C@H](NC(=O)[C@H](C)NC(=O)c1cc(Cc2n[nH]c(=O)c3ccccc23)ccc1F)B1O[C@@H]2C[C@@H]3C[C@@H](C3(C)C)[C@]2(C)O1. The second-order valence-electron chi connectivity index (χ2n) is 14.3. The van der Waals surface area contributed by atoms with Crippen LogP contribution in [0.4, 0.5) is 4.39 Å². The van der Waals surface area contributed by atoms with Gasteiger partial charge < -0.3 is 19.9 Å². The minimum atomic E-state index is -0.939. The van der Waals surface area contributed by atoms with Crippen LogP contribution in [0.5, 0.6) is 0 Å². The zero-order valence-electron chi connectivity index (χ0n) is 26.8. The number of amides is 2. The van der Waals surface area contributed by atoms with Crippen molar-refractivity contribution in [2.24, 2.45) is 23.2 Å². The zero-order valence-corrected chi connectivity index (χ0v) is 26.8. The number of rotatable bonds is 9. The third kappa shape index (κ3) is 5.69. The first-order valence-corrected chi connectivity index (χ1v) is 16.0. The molecule has 0 spiro atoms. The molecule has 4 aliphatic rings. The van der Waals surface area contributed by atoms with Gasteiger partial charge in [0.25, 0.3) is 11.5 Å². The van der Waals surface area contributed by atoms with Crippen LogP contribution < -0.4 is 16.2 Å². The molecule has 238 valence electrons. The minimum Gasteiger partial charge on any atom is -0.404 e. The van der Waals surface area contributed by atoms with E-state index in [0.29, 0.717) is 40.3 Å². The van der Waals surface area contributed by atoms with Crippen LogP contribution in [0.2, 0.25) is 0 Å². The van der Waals surface area contributed by atoms with Gasteiger partial charge in [0, 0.05) is 11.8 Å². The van der Waals surface area contributed by atoms with Crippen molar-refractivity contribution in [1.82, 2.24) is 20.8 Å². The molecule has 1 saturated heterocycles. The van der Waals surface area contributed by atoms with Crippen LogP contribution >= 0.6 is 0 Å². The predicted molar refractivity (Wildman–Crippen MR) is 170 cm³/mol. The van der Waals surface area contributed by atoms with Gasteiger partial charge in [0.15, 0.2) is 0 Å². The largest absolute Gasteiger partial charge is 0.481 e. The van der Waals surface area contributed by atoms with Crippen LogP contribution in [-0.4, -0.2) is 52.8 Å². The summed E-state index contributed by atoms with van der Waals surface area (Å²) < 4.78 is 28.0. The predicted octanol–water partition coefficient (Wildman–Crippen LogP) is 4.57. The first kappa shape index (κ1) is 31.4. The fraction of sp³-hybridized carbons (Fsp3) is 0.529. The van der Waals surface area contributed by atoms with Gasteiger partial charge in [-0.2, -0.15) is 5.10 Å². The normalized spacial score (nSPS) is 26.2. The minimum absolute atomic E-state index is 0.0115. The van der Waals surface area contributed by atoms with E-state index >= 15 is 0 Å². The van der Waals surface area contributed by atoms with Crippen molar-refractivity contribution < 1.29 is 23.3 Å². The lowest BCUT2D eigenvalue weighted by Gasteiger charge is -2.64. The fourth-order valence-corrected chi connectivity index (χ4v) is 7.82.